The van der Waals surface area contributed by atoms with Crippen LogP contribution in [0.25, 0.3) is 5.78 Å². The fourth-order valence-corrected chi connectivity index (χ4v) is 3.50. The lowest BCUT2D eigenvalue weighted by molar-refractivity contribution is 0.0707. The maximum Gasteiger partial charge on any atom is 0.294 e. The zero-order valence-electron chi connectivity index (χ0n) is 14.4. The molecule has 0 radical (unpaired) electrons. The Kier molecular flexibility index (Phi) is 4.26. The number of fused-ring (bicyclic) bond motifs is 1. The van der Waals surface area contributed by atoms with Gasteiger partial charge in [0.25, 0.3) is 11.7 Å². The maximum absolute atomic E-state index is 13.1. The van der Waals surface area contributed by atoms with Gasteiger partial charge in [-0.1, -0.05) is 6.07 Å². The van der Waals surface area contributed by atoms with Crippen LogP contribution in [-0.2, 0) is 13.1 Å². The molecule has 4 heterocycles. The first-order valence-electron chi connectivity index (χ1n) is 8.15. The number of thiophene rings is 1. The number of carbonyl (C=O) groups excluding carboxylic acids is 1. The summed E-state index contributed by atoms with van der Waals surface area (Å²) < 4.78 is 7.01. The van der Waals surface area contributed by atoms with E-state index in [0.717, 1.165) is 16.3 Å². The maximum atomic E-state index is 13.1. The minimum Gasteiger partial charge on any atom is -0.467 e. The number of amides is 1. The molecule has 0 bridgehead atoms. The van der Waals surface area contributed by atoms with E-state index in [0.29, 0.717) is 24.6 Å². The third-order valence-corrected chi connectivity index (χ3v) is 4.81. The molecule has 0 aliphatic carbocycles. The summed E-state index contributed by atoms with van der Waals surface area (Å²) in [6, 6.07) is 9.53. The van der Waals surface area contributed by atoms with Gasteiger partial charge < -0.3 is 9.32 Å². The molecule has 0 unspecified atom stereocenters. The van der Waals surface area contributed by atoms with Crippen LogP contribution in [0.1, 0.15) is 32.6 Å². The Labute approximate surface area is 153 Å². The Morgan fingerprint density at radius 2 is 2.12 bits per heavy atom. The summed E-state index contributed by atoms with van der Waals surface area (Å²) in [5, 5.41) is 6.35. The van der Waals surface area contributed by atoms with E-state index in [1.54, 1.807) is 27.0 Å². The molecule has 4 aromatic heterocycles. The highest BCUT2D eigenvalue weighted by Gasteiger charge is 2.23. The van der Waals surface area contributed by atoms with Crippen molar-refractivity contribution in [1.82, 2.24) is 24.5 Å². The summed E-state index contributed by atoms with van der Waals surface area (Å²) in [5.74, 6) is 1.02. The fraction of sp³-hybridized carbons (Fsp3) is 0.222. The normalized spacial score (nSPS) is 11.2. The zero-order valence-corrected chi connectivity index (χ0v) is 15.2. The van der Waals surface area contributed by atoms with Crippen molar-refractivity contribution in [2.75, 3.05) is 0 Å². The Balaban J connectivity index is 1.68. The number of furan rings is 1. The van der Waals surface area contributed by atoms with E-state index in [4.69, 9.17) is 4.42 Å². The molecule has 0 saturated heterocycles. The summed E-state index contributed by atoms with van der Waals surface area (Å²) >= 11 is 1.60. The summed E-state index contributed by atoms with van der Waals surface area (Å²) in [6.07, 6.45) is 1.60. The van der Waals surface area contributed by atoms with E-state index in [2.05, 4.69) is 15.1 Å². The predicted octanol–water partition coefficient (Wildman–Crippen LogP) is 3.24. The second-order valence-electron chi connectivity index (χ2n) is 6.01. The van der Waals surface area contributed by atoms with Gasteiger partial charge in [0.05, 0.1) is 19.4 Å². The van der Waals surface area contributed by atoms with Gasteiger partial charge in [-0.05, 0) is 43.5 Å². The molecule has 0 spiro atoms. The summed E-state index contributed by atoms with van der Waals surface area (Å²) in [5.41, 5.74) is 1.72. The van der Waals surface area contributed by atoms with Crippen LogP contribution in [0, 0.1) is 13.8 Å². The Bertz CT molecular complexity index is 1000. The average Bonchev–Trinajstić information content (AvgIpc) is 3.35. The SMILES string of the molecule is Cc1cc(C)n2nc(C(=O)N(Cc3ccco3)Cc3cccs3)nc2n1. The number of carbonyl (C=O) groups is 1. The minimum absolute atomic E-state index is 0.134. The van der Waals surface area contributed by atoms with Crippen LogP contribution in [0.15, 0.2) is 46.4 Å². The van der Waals surface area contributed by atoms with Gasteiger partial charge in [0.15, 0.2) is 0 Å². The van der Waals surface area contributed by atoms with Crippen molar-refractivity contribution in [2.24, 2.45) is 0 Å². The molecule has 0 N–H and O–H groups in total. The van der Waals surface area contributed by atoms with Crippen LogP contribution in [-0.4, -0.2) is 30.4 Å². The van der Waals surface area contributed by atoms with Crippen LogP contribution >= 0.6 is 11.3 Å². The van der Waals surface area contributed by atoms with Crippen molar-refractivity contribution in [2.45, 2.75) is 26.9 Å². The van der Waals surface area contributed by atoms with Gasteiger partial charge >= 0.3 is 0 Å². The molecule has 0 atom stereocenters. The van der Waals surface area contributed by atoms with Crippen LogP contribution in [0.5, 0.6) is 0 Å². The van der Waals surface area contributed by atoms with Gasteiger partial charge in [0.2, 0.25) is 5.82 Å². The van der Waals surface area contributed by atoms with Gasteiger partial charge in [-0.2, -0.15) is 4.98 Å². The van der Waals surface area contributed by atoms with Gasteiger partial charge in [0.1, 0.15) is 5.76 Å². The van der Waals surface area contributed by atoms with Crippen molar-refractivity contribution in [1.29, 1.82) is 0 Å². The molecule has 0 saturated carbocycles. The average molecular weight is 367 g/mol. The zero-order chi connectivity index (χ0) is 18.1. The number of rotatable bonds is 5. The molecule has 7 nitrogen and oxygen atoms in total. The van der Waals surface area contributed by atoms with Crippen molar-refractivity contribution in [3.05, 3.63) is 69.8 Å². The van der Waals surface area contributed by atoms with Crippen LogP contribution in [0.3, 0.4) is 0 Å². The highest BCUT2D eigenvalue weighted by atomic mass is 32.1. The summed E-state index contributed by atoms with van der Waals surface area (Å²) in [7, 11) is 0. The predicted molar refractivity (Wildman–Crippen MR) is 96.9 cm³/mol. The van der Waals surface area contributed by atoms with Crippen molar-refractivity contribution >= 4 is 23.0 Å². The molecule has 8 heteroatoms. The lowest BCUT2D eigenvalue weighted by atomic mass is 10.3. The third kappa shape index (κ3) is 3.23. The Morgan fingerprint density at radius 1 is 1.23 bits per heavy atom. The summed E-state index contributed by atoms with van der Waals surface area (Å²) in [6.45, 7) is 4.63. The van der Waals surface area contributed by atoms with Crippen LogP contribution < -0.4 is 0 Å². The molecule has 0 fully saturated rings. The molecule has 1 amide bonds. The quantitative estimate of drug-likeness (QED) is 0.541. The van der Waals surface area contributed by atoms with E-state index in [9.17, 15) is 4.79 Å². The number of nitrogens with zero attached hydrogens (tertiary/aromatic N) is 5. The summed E-state index contributed by atoms with van der Waals surface area (Å²) in [4.78, 5) is 24.5. The molecule has 0 aliphatic rings. The van der Waals surface area contributed by atoms with Gasteiger partial charge in [-0.3, -0.25) is 4.79 Å². The first kappa shape index (κ1) is 16.5. The van der Waals surface area contributed by atoms with E-state index in [1.807, 2.05) is 49.6 Å². The minimum atomic E-state index is -0.252. The molecule has 0 aliphatic heterocycles. The monoisotopic (exact) mass is 367 g/mol. The van der Waals surface area contributed by atoms with E-state index < -0.39 is 0 Å². The first-order chi connectivity index (χ1) is 12.6. The number of hydrogen-bond donors (Lipinski definition) is 0. The van der Waals surface area contributed by atoms with E-state index >= 15 is 0 Å². The van der Waals surface area contributed by atoms with Gasteiger partial charge in [-0.15, -0.1) is 16.4 Å². The van der Waals surface area contributed by atoms with Crippen molar-refractivity contribution < 1.29 is 9.21 Å². The molecule has 0 aromatic carbocycles. The largest absolute Gasteiger partial charge is 0.467 e. The standard InChI is InChI=1S/C18H17N5O2S/c1-12-9-13(2)23-18(19-12)20-16(21-23)17(24)22(10-14-5-3-7-25-14)11-15-6-4-8-26-15/h3-9H,10-11H2,1-2H3. The molecule has 4 aromatic rings. The number of hydrogen-bond acceptors (Lipinski definition) is 6. The van der Waals surface area contributed by atoms with E-state index in [-0.39, 0.29) is 11.7 Å². The topological polar surface area (TPSA) is 76.5 Å². The molecule has 4 rings (SSSR count). The number of aromatic nitrogens is 4. The lowest BCUT2D eigenvalue weighted by Gasteiger charge is -2.19. The second-order valence-corrected chi connectivity index (χ2v) is 7.04. The highest BCUT2D eigenvalue weighted by molar-refractivity contribution is 7.09. The Hall–Kier alpha value is -3.00. The van der Waals surface area contributed by atoms with Crippen molar-refractivity contribution in [3.8, 4) is 0 Å². The lowest BCUT2D eigenvalue weighted by Crippen LogP contribution is -2.30. The smallest absolute Gasteiger partial charge is 0.294 e. The molecule has 26 heavy (non-hydrogen) atoms. The van der Waals surface area contributed by atoms with Gasteiger partial charge in [0, 0.05) is 16.3 Å². The van der Waals surface area contributed by atoms with Crippen LogP contribution in [0.2, 0.25) is 0 Å². The highest BCUT2D eigenvalue weighted by Crippen LogP contribution is 2.17. The number of aryl methyl sites for hydroxylation is 2. The molecule has 132 valence electrons. The second kappa shape index (κ2) is 6.72. The van der Waals surface area contributed by atoms with E-state index in [1.165, 1.54) is 0 Å². The van der Waals surface area contributed by atoms with Crippen LogP contribution in [0.4, 0.5) is 0 Å². The third-order valence-electron chi connectivity index (χ3n) is 3.95. The first-order valence-corrected chi connectivity index (χ1v) is 9.03. The molecular formula is C18H17N5O2S. The van der Waals surface area contributed by atoms with Gasteiger partial charge in [-0.25, -0.2) is 9.50 Å². The Morgan fingerprint density at radius 3 is 2.85 bits per heavy atom. The fourth-order valence-electron chi connectivity index (χ4n) is 2.78. The molecular weight excluding hydrogens is 350 g/mol. The van der Waals surface area contributed by atoms with Crippen molar-refractivity contribution in [3.63, 3.8) is 0 Å².